The Kier molecular flexibility index (Phi) is 0.791. The molecule has 10 heavy (non-hydrogen) atoms. The van der Waals surface area contributed by atoms with Crippen LogP contribution in [0.1, 0.15) is 0 Å². The summed E-state index contributed by atoms with van der Waals surface area (Å²) in [5.74, 6) is 0. The van der Waals surface area contributed by atoms with E-state index in [2.05, 4.69) is 14.7 Å². The van der Waals surface area contributed by atoms with Gasteiger partial charge in [-0.15, -0.1) is 0 Å². The summed E-state index contributed by atoms with van der Waals surface area (Å²) >= 11 is 0. The van der Waals surface area contributed by atoms with Gasteiger partial charge in [-0.05, 0) is 0 Å². The van der Waals surface area contributed by atoms with E-state index in [-0.39, 0.29) is 5.69 Å². The van der Waals surface area contributed by atoms with Crippen molar-refractivity contribution in [2.24, 2.45) is 7.05 Å². The fraction of sp³-hybridized carbons (Fsp3) is 0.200. The number of imidazole rings is 1. The second-order valence-electron chi connectivity index (χ2n) is 2.04. The van der Waals surface area contributed by atoms with Crippen LogP contribution in [0.5, 0.6) is 0 Å². The van der Waals surface area contributed by atoms with Crippen molar-refractivity contribution in [3.05, 3.63) is 16.7 Å². The van der Waals surface area contributed by atoms with Gasteiger partial charge in [0.05, 0.1) is 0 Å². The predicted molar refractivity (Wildman–Crippen MR) is 33.6 cm³/mol. The van der Waals surface area contributed by atoms with E-state index in [1.54, 1.807) is 7.05 Å². The Labute approximate surface area is 55.2 Å². The second kappa shape index (κ2) is 1.50. The zero-order chi connectivity index (χ0) is 7.14. The highest BCUT2D eigenvalue weighted by molar-refractivity contribution is 5.68. The van der Waals surface area contributed by atoms with Crippen LogP contribution < -0.4 is 5.69 Å². The summed E-state index contributed by atoms with van der Waals surface area (Å²) in [6, 6.07) is 0. The zero-order valence-corrected chi connectivity index (χ0v) is 5.29. The van der Waals surface area contributed by atoms with Gasteiger partial charge in [-0.2, -0.15) is 0 Å². The lowest BCUT2D eigenvalue weighted by molar-refractivity contribution is 0.423. The number of nitrogens with one attached hydrogen (secondary N) is 1. The van der Waals surface area contributed by atoms with Crippen molar-refractivity contribution in [2.45, 2.75) is 0 Å². The summed E-state index contributed by atoms with van der Waals surface area (Å²) in [6.45, 7) is 0. The van der Waals surface area contributed by atoms with Gasteiger partial charge in [0, 0.05) is 7.05 Å². The van der Waals surface area contributed by atoms with Gasteiger partial charge in [0.15, 0.2) is 0 Å². The quantitative estimate of drug-likeness (QED) is 0.552. The van der Waals surface area contributed by atoms with Gasteiger partial charge in [-0.1, -0.05) is 5.16 Å². The highest BCUT2D eigenvalue weighted by Gasteiger charge is 2.04. The van der Waals surface area contributed by atoms with Gasteiger partial charge in [-0.3, -0.25) is 4.57 Å². The minimum absolute atomic E-state index is 0.173. The summed E-state index contributed by atoms with van der Waals surface area (Å²) in [7, 11) is 1.63. The Morgan fingerprint density at radius 1 is 1.80 bits per heavy atom. The fourth-order valence-electron chi connectivity index (χ4n) is 0.853. The van der Waals surface area contributed by atoms with Crippen molar-refractivity contribution in [3.8, 4) is 0 Å². The molecule has 52 valence electrons. The fourth-order valence-corrected chi connectivity index (χ4v) is 0.853. The van der Waals surface area contributed by atoms with Crippen molar-refractivity contribution >= 4 is 11.2 Å². The lowest BCUT2D eigenvalue weighted by Gasteiger charge is -1.80. The average Bonchev–Trinajstić information content (AvgIpc) is 2.41. The maximum absolute atomic E-state index is 10.8. The minimum atomic E-state index is -0.173. The van der Waals surface area contributed by atoms with Crippen LogP contribution in [0, 0.1) is 0 Å². The molecule has 0 aliphatic carbocycles. The molecule has 5 heteroatoms. The molecule has 0 saturated heterocycles. The van der Waals surface area contributed by atoms with Crippen molar-refractivity contribution < 1.29 is 4.52 Å². The van der Waals surface area contributed by atoms with Crippen LogP contribution in [-0.2, 0) is 7.05 Å². The zero-order valence-electron chi connectivity index (χ0n) is 5.29. The number of aromatic amines is 1. The van der Waals surface area contributed by atoms with Crippen LogP contribution in [-0.4, -0.2) is 14.7 Å². The van der Waals surface area contributed by atoms with Gasteiger partial charge in [-0.25, -0.2) is 4.79 Å². The molecule has 0 spiro atoms. The Bertz CT molecular complexity index is 408. The lowest BCUT2D eigenvalue weighted by atomic mass is 10.6. The predicted octanol–water partition coefficient (Wildman–Crippen LogP) is -0.145. The van der Waals surface area contributed by atoms with Crippen molar-refractivity contribution in [2.75, 3.05) is 0 Å². The topological polar surface area (TPSA) is 63.8 Å². The van der Waals surface area contributed by atoms with Crippen LogP contribution in [0.15, 0.2) is 15.6 Å². The molecule has 0 aliphatic rings. The van der Waals surface area contributed by atoms with Crippen LogP contribution >= 0.6 is 0 Å². The Balaban J connectivity index is 3.09. The molecule has 0 amide bonds. The molecule has 0 bridgehead atoms. The lowest BCUT2D eigenvalue weighted by Crippen LogP contribution is -2.12. The molecule has 1 N–H and O–H groups in total. The molecular weight excluding hydrogens is 134 g/mol. The summed E-state index contributed by atoms with van der Waals surface area (Å²) in [4.78, 5) is 13.4. The molecule has 0 aromatic carbocycles. The molecular formula is C5H5N3O2. The van der Waals surface area contributed by atoms with E-state index in [1.807, 2.05) is 0 Å². The molecule has 2 rings (SSSR count). The number of aromatic nitrogens is 3. The van der Waals surface area contributed by atoms with E-state index in [4.69, 9.17) is 0 Å². The average molecular weight is 139 g/mol. The largest absolute Gasteiger partial charge is 0.360 e. The first-order chi connectivity index (χ1) is 4.79. The molecule has 0 fully saturated rings. The van der Waals surface area contributed by atoms with E-state index in [0.717, 1.165) is 0 Å². The highest BCUT2D eigenvalue weighted by Crippen LogP contribution is 2.03. The smallest absolute Gasteiger partial charge is 0.327 e. The van der Waals surface area contributed by atoms with Gasteiger partial charge in [0.2, 0.25) is 5.65 Å². The third-order valence-corrected chi connectivity index (χ3v) is 1.41. The SMILES string of the molecule is Cn1c(=O)[nH]c2conc21. The first kappa shape index (κ1) is 5.28. The number of hydrogen-bond acceptors (Lipinski definition) is 3. The summed E-state index contributed by atoms with van der Waals surface area (Å²) in [5.41, 5.74) is 1.01. The van der Waals surface area contributed by atoms with E-state index >= 15 is 0 Å². The number of hydrogen-bond donors (Lipinski definition) is 1. The van der Waals surface area contributed by atoms with E-state index < -0.39 is 0 Å². The molecule has 2 aromatic heterocycles. The van der Waals surface area contributed by atoms with Crippen molar-refractivity contribution in [3.63, 3.8) is 0 Å². The third-order valence-electron chi connectivity index (χ3n) is 1.41. The Morgan fingerprint density at radius 3 is 3.30 bits per heavy atom. The van der Waals surface area contributed by atoms with Gasteiger partial charge < -0.3 is 9.51 Å². The Morgan fingerprint density at radius 2 is 2.60 bits per heavy atom. The molecule has 0 radical (unpaired) electrons. The molecule has 0 saturated carbocycles. The number of nitrogens with zero attached hydrogens (tertiary/aromatic N) is 2. The van der Waals surface area contributed by atoms with Gasteiger partial charge in [0.25, 0.3) is 0 Å². The Hall–Kier alpha value is -1.52. The second-order valence-corrected chi connectivity index (χ2v) is 2.04. The number of fused-ring (bicyclic) bond motifs is 1. The highest BCUT2D eigenvalue weighted by atomic mass is 16.5. The third kappa shape index (κ3) is 0.464. The van der Waals surface area contributed by atoms with Crippen LogP contribution in [0.25, 0.3) is 11.2 Å². The van der Waals surface area contributed by atoms with Crippen molar-refractivity contribution in [1.29, 1.82) is 0 Å². The molecule has 0 aliphatic heterocycles. The van der Waals surface area contributed by atoms with E-state index in [1.165, 1.54) is 10.8 Å². The first-order valence-corrected chi connectivity index (χ1v) is 2.78. The molecule has 5 nitrogen and oxygen atoms in total. The molecule has 2 heterocycles. The summed E-state index contributed by atoms with van der Waals surface area (Å²) < 4.78 is 5.99. The van der Waals surface area contributed by atoms with Crippen LogP contribution in [0.2, 0.25) is 0 Å². The standard InChI is InChI=1S/C5H5N3O2/c1-8-4-3(2-10-7-4)6-5(8)9/h2H,1H3,(H,6,9). The van der Waals surface area contributed by atoms with E-state index in [0.29, 0.717) is 11.2 Å². The number of rotatable bonds is 0. The van der Waals surface area contributed by atoms with Crippen LogP contribution in [0.4, 0.5) is 0 Å². The minimum Gasteiger partial charge on any atom is -0.360 e. The van der Waals surface area contributed by atoms with E-state index in [9.17, 15) is 4.79 Å². The summed E-state index contributed by atoms with van der Waals surface area (Å²) in [6.07, 6.45) is 1.40. The molecule has 0 unspecified atom stereocenters. The van der Waals surface area contributed by atoms with Gasteiger partial charge in [0.1, 0.15) is 11.8 Å². The first-order valence-electron chi connectivity index (χ1n) is 2.78. The van der Waals surface area contributed by atoms with Crippen LogP contribution in [0.3, 0.4) is 0 Å². The molecule has 2 aromatic rings. The maximum Gasteiger partial charge on any atom is 0.327 e. The van der Waals surface area contributed by atoms with Crippen molar-refractivity contribution in [1.82, 2.24) is 14.7 Å². The number of aryl methyl sites for hydroxylation is 1. The van der Waals surface area contributed by atoms with Gasteiger partial charge >= 0.3 is 5.69 Å². The number of H-pyrrole nitrogens is 1. The normalized spacial score (nSPS) is 10.9. The monoisotopic (exact) mass is 139 g/mol. The summed E-state index contributed by atoms with van der Waals surface area (Å²) in [5, 5.41) is 3.60. The molecule has 0 atom stereocenters. The maximum atomic E-state index is 10.8.